The Morgan fingerprint density at radius 3 is 2.76 bits per heavy atom. The van der Waals surface area contributed by atoms with E-state index in [4.69, 9.17) is 9.63 Å². The molecule has 4 heteroatoms. The Kier molecular flexibility index (Phi) is 5.66. The van der Waals surface area contributed by atoms with E-state index >= 15 is 0 Å². The lowest BCUT2D eigenvalue weighted by molar-refractivity contribution is 0.378. The highest BCUT2D eigenvalue weighted by Gasteiger charge is 2.25. The number of benzene rings is 2. The van der Waals surface area contributed by atoms with Crippen molar-refractivity contribution in [2.45, 2.75) is 51.9 Å². The first-order chi connectivity index (χ1) is 12.0. The highest BCUT2D eigenvalue weighted by Crippen LogP contribution is 2.42. The van der Waals surface area contributed by atoms with Crippen molar-refractivity contribution in [1.82, 2.24) is 0 Å². The first-order valence-electron chi connectivity index (χ1n) is 8.97. The van der Waals surface area contributed by atoms with Gasteiger partial charge in [-0.15, -0.1) is 0 Å². The number of fused-ring (bicyclic) bond motifs is 1. The standard InChI is InChI=1S/C21H27O3P/c1-13(2)19-11-15(7-8-20(19)22)18-6-4-5-16-10-17(24-12-25-23)9-14(3)21(16)18/h7-11,13,18,22-23,25H,4-6,12H2,1-3H3. The van der Waals surface area contributed by atoms with Crippen LogP contribution in [0.2, 0.25) is 0 Å². The van der Waals surface area contributed by atoms with Crippen molar-refractivity contribution in [3.63, 3.8) is 0 Å². The van der Waals surface area contributed by atoms with Crippen molar-refractivity contribution < 1.29 is 14.7 Å². The van der Waals surface area contributed by atoms with E-state index in [2.05, 4.69) is 45.0 Å². The fraction of sp³-hybridized carbons (Fsp3) is 0.429. The van der Waals surface area contributed by atoms with Crippen LogP contribution in [0.4, 0.5) is 0 Å². The van der Waals surface area contributed by atoms with Crippen LogP contribution in [0.15, 0.2) is 30.3 Å². The van der Waals surface area contributed by atoms with Gasteiger partial charge < -0.3 is 14.7 Å². The molecule has 1 aliphatic rings. The Bertz CT molecular complexity index is 755. The average Bonchev–Trinajstić information content (AvgIpc) is 2.59. The summed E-state index contributed by atoms with van der Waals surface area (Å²) in [4.78, 5) is 9.00. The van der Waals surface area contributed by atoms with Gasteiger partial charge in [0.05, 0.1) is 0 Å². The minimum Gasteiger partial charge on any atom is -0.508 e. The summed E-state index contributed by atoms with van der Waals surface area (Å²) in [6, 6.07) is 10.3. The molecule has 0 saturated heterocycles. The van der Waals surface area contributed by atoms with Gasteiger partial charge in [-0.1, -0.05) is 26.0 Å². The van der Waals surface area contributed by atoms with Crippen molar-refractivity contribution in [2.24, 2.45) is 0 Å². The smallest absolute Gasteiger partial charge is 0.129 e. The molecule has 0 aliphatic heterocycles. The predicted octanol–water partition coefficient (Wildman–Crippen LogP) is 5.21. The van der Waals surface area contributed by atoms with E-state index in [9.17, 15) is 5.11 Å². The van der Waals surface area contributed by atoms with Crippen LogP contribution in [-0.2, 0) is 6.42 Å². The summed E-state index contributed by atoms with van der Waals surface area (Å²) >= 11 is 0. The van der Waals surface area contributed by atoms with E-state index < -0.39 is 0 Å². The Labute approximate surface area is 151 Å². The number of phenolic OH excluding ortho intramolecular Hbond substituents is 1. The summed E-state index contributed by atoms with van der Waals surface area (Å²) in [7, 11) is -0.190. The minimum atomic E-state index is -0.190. The summed E-state index contributed by atoms with van der Waals surface area (Å²) in [6.07, 6.45) is 3.71. The van der Waals surface area contributed by atoms with Crippen LogP contribution in [0.1, 0.15) is 66.3 Å². The number of hydrogen-bond acceptors (Lipinski definition) is 3. The van der Waals surface area contributed by atoms with Gasteiger partial charge in [-0.05, 0) is 78.1 Å². The molecule has 25 heavy (non-hydrogen) atoms. The van der Waals surface area contributed by atoms with E-state index in [1.807, 2.05) is 6.07 Å². The normalized spacial score (nSPS) is 17.2. The molecule has 1 aliphatic carbocycles. The van der Waals surface area contributed by atoms with Gasteiger partial charge in [0.2, 0.25) is 0 Å². The van der Waals surface area contributed by atoms with Crippen LogP contribution in [0.3, 0.4) is 0 Å². The first kappa shape index (κ1) is 18.2. The lowest BCUT2D eigenvalue weighted by Crippen LogP contribution is -2.13. The molecule has 0 aromatic heterocycles. The van der Waals surface area contributed by atoms with Gasteiger partial charge in [0.25, 0.3) is 0 Å². The quantitative estimate of drug-likeness (QED) is 0.721. The maximum Gasteiger partial charge on any atom is 0.129 e. The van der Waals surface area contributed by atoms with Crippen molar-refractivity contribution in [3.05, 3.63) is 58.1 Å². The molecule has 0 fully saturated rings. The Balaban J connectivity index is 2.00. The Morgan fingerprint density at radius 1 is 1.24 bits per heavy atom. The number of phenols is 1. The number of aryl methyl sites for hydroxylation is 2. The van der Waals surface area contributed by atoms with E-state index in [0.29, 0.717) is 23.9 Å². The van der Waals surface area contributed by atoms with Gasteiger partial charge >= 0.3 is 0 Å². The van der Waals surface area contributed by atoms with E-state index in [1.54, 1.807) is 0 Å². The number of aromatic hydroxyl groups is 1. The number of ether oxygens (including phenoxy) is 1. The van der Waals surface area contributed by atoms with Gasteiger partial charge in [-0.3, -0.25) is 0 Å². The zero-order valence-electron chi connectivity index (χ0n) is 15.2. The molecule has 2 aromatic carbocycles. The molecule has 0 saturated carbocycles. The molecule has 0 spiro atoms. The summed E-state index contributed by atoms with van der Waals surface area (Å²) in [6.45, 7) is 6.38. The van der Waals surface area contributed by atoms with Crippen molar-refractivity contribution in [3.8, 4) is 11.5 Å². The van der Waals surface area contributed by atoms with Crippen LogP contribution in [0, 0.1) is 6.92 Å². The monoisotopic (exact) mass is 358 g/mol. The van der Waals surface area contributed by atoms with E-state index in [0.717, 1.165) is 30.6 Å². The number of hydrogen-bond donors (Lipinski definition) is 2. The molecule has 0 bridgehead atoms. The molecule has 2 unspecified atom stereocenters. The van der Waals surface area contributed by atoms with Crippen molar-refractivity contribution in [2.75, 3.05) is 6.35 Å². The van der Waals surface area contributed by atoms with Crippen LogP contribution in [-0.4, -0.2) is 16.3 Å². The van der Waals surface area contributed by atoms with Crippen LogP contribution in [0.25, 0.3) is 0 Å². The molecular weight excluding hydrogens is 331 g/mol. The predicted molar refractivity (Wildman–Crippen MR) is 104 cm³/mol. The third kappa shape index (κ3) is 3.83. The van der Waals surface area contributed by atoms with Gasteiger partial charge in [0.15, 0.2) is 0 Å². The summed E-state index contributed by atoms with van der Waals surface area (Å²) in [5, 5.41) is 10.1. The molecule has 3 nitrogen and oxygen atoms in total. The number of rotatable bonds is 5. The lowest BCUT2D eigenvalue weighted by Gasteiger charge is -2.29. The molecule has 2 atom stereocenters. The molecule has 0 heterocycles. The molecule has 0 radical (unpaired) electrons. The second kappa shape index (κ2) is 7.76. The molecule has 3 rings (SSSR count). The SMILES string of the molecule is Cc1cc(OCPO)cc2c1C(c1ccc(O)c(C(C)C)c1)CCC2. The average molecular weight is 358 g/mol. The summed E-state index contributed by atoms with van der Waals surface area (Å²) in [5.74, 6) is 1.92. The zero-order valence-corrected chi connectivity index (χ0v) is 16.2. The lowest BCUT2D eigenvalue weighted by atomic mass is 9.76. The van der Waals surface area contributed by atoms with Crippen LogP contribution >= 0.6 is 8.81 Å². The van der Waals surface area contributed by atoms with Crippen molar-refractivity contribution in [1.29, 1.82) is 0 Å². The van der Waals surface area contributed by atoms with Gasteiger partial charge in [-0.2, -0.15) is 0 Å². The highest BCUT2D eigenvalue weighted by molar-refractivity contribution is 7.30. The van der Waals surface area contributed by atoms with Gasteiger partial charge in [0.1, 0.15) is 17.8 Å². The summed E-state index contributed by atoms with van der Waals surface area (Å²) < 4.78 is 5.64. The maximum absolute atomic E-state index is 10.1. The fourth-order valence-corrected chi connectivity index (χ4v) is 4.20. The topological polar surface area (TPSA) is 49.7 Å². The maximum atomic E-state index is 10.1. The fourth-order valence-electron chi connectivity index (χ4n) is 3.97. The summed E-state index contributed by atoms with van der Waals surface area (Å²) in [5.41, 5.74) is 6.32. The molecule has 2 aromatic rings. The van der Waals surface area contributed by atoms with Crippen LogP contribution in [0.5, 0.6) is 11.5 Å². The molecule has 0 amide bonds. The Hall–Kier alpha value is -1.57. The van der Waals surface area contributed by atoms with Crippen LogP contribution < -0.4 is 4.74 Å². The highest BCUT2D eigenvalue weighted by atomic mass is 31.1. The molecule has 2 N–H and O–H groups in total. The second-order valence-electron chi connectivity index (χ2n) is 7.18. The molecular formula is C21H27O3P. The first-order valence-corrected chi connectivity index (χ1v) is 10.1. The molecule has 134 valence electrons. The van der Waals surface area contributed by atoms with Gasteiger partial charge in [0, 0.05) is 14.7 Å². The third-order valence-corrected chi connectivity index (χ3v) is 5.39. The van der Waals surface area contributed by atoms with Gasteiger partial charge in [-0.25, -0.2) is 0 Å². The Morgan fingerprint density at radius 2 is 2.04 bits per heavy atom. The van der Waals surface area contributed by atoms with Crippen molar-refractivity contribution >= 4 is 8.81 Å². The zero-order chi connectivity index (χ0) is 18.0. The van der Waals surface area contributed by atoms with E-state index in [-0.39, 0.29) is 8.81 Å². The largest absolute Gasteiger partial charge is 0.508 e. The van der Waals surface area contributed by atoms with E-state index in [1.165, 1.54) is 22.3 Å². The third-order valence-electron chi connectivity index (χ3n) is 5.11. The minimum absolute atomic E-state index is 0.190. The second-order valence-corrected chi connectivity index (χ2v) is 7.78.